The van der Waals surface area contributed by atoms with Gasteiger partial charge in [-0.25, -0.2) is 0 Å². The Morgan fingerprint density at radius 2 is 1.89 bits per heavy atom. The SMILES string of the molecule is C[C-]=C(C)C(=O)O.[O]=[Zr]. The minimum atomic E-state index is -0.900. The summed E-state index contributed by atoms with van der Waals surface area (Å²) < 4.78 is 8.34. The van der Waals surface area contributed by atoms with Crippen molar-refractivity contribution in [3.8, 4) is 0 Å². The normalized spacial score (nSPS) is 9.22. The zero-order valence-corrected chi connectivity index (χ0v) is 7.72. The molecule has 1 N–H and O–H groups in total. The molecule has 0 radical (unpaired) electrons. The van der Waals surface area contributed by atoms with Crippen molar-refractivity contribution in [2.45, 2.75) is 13.8 Å². The molecule has 3 nitrogen and oxygen atoms in total. The molecule has 0 bridgehead atoms. The van der Waals surface area contributed by atoms with Crippen LogP contribution < -0.4 is 0 Å². The van der Waals surface area contributed by atoms with Crippen LogP contribution in [0.15, 0.2) is 5.57 Å². The van der Waals surface area contributed by atoms with E-state index < -0.39 is 5.97 Å². The number of carboxylic acid groups (broad SMARTS) is 1. The van der Waals surface area contributed by atoms with Gasteiger partial charge in [-0.15, -0.1) is 12.5 Å². The first kappa shape index (κ1) is 11.7. The van der Waals surface area contributed by atoms with Crippen molar-refractivity contribution < 1.29 is 37.4 Å². The first-order valence-electron chi connectivity index (χ1n) is 2.13. The van der Waals surface area contributed by atoms with E-state index >= 15 is 0 Å². The van der Waals surface area contributed by atoms with E-state index in [9.17, 15) is 4.79 Å². The average Bonchev–Trinajstić information content (AvgIpc) is 1.91. The number of allylic oxidation sites excluding steroid dienone is 1. The fourth-order valence-electron chi connectivity index (χ4n) is 0.107. The molecule has 0 aliphatic heterocycles. The molecule has 0 aliphatic carbocycles. The summed E-state index contributed by atoms with van der Waals surface area (Å²) >= 11 is 0.300. The zero-order valence-electron chi connectivity index (χ0n) is 5.26. The van der Waals surface area contributed by atoms with E-state index in [-0.39, 0.29) is 5.57 Å². The van der Waals surface area contributed by atoms with Crippen LogP contribution in [0.25, 0.3) is 0 Å². The monoisotopic (exact) mass is 205 g/mol. The van der Waals surface area contributed by atoms with Gasteiger partial charge in [0.25, 0.3) is 0 Å². The van der Waals surface area contributed by atoms with Crippen LogP contribution in [0.2, 0.25) is 0 Å². The van der Waals surface area contributed by atoms with Crippen LogP contribution in [0.5, 0.6) is 0 Å². The van der Waals surface area contributed by atoms with E-state index in [1.54, 1.807) is 6.92 Å². The molecule has 0 saturated carbocycles. The first-order valence-corrected chi connectivity index (χ1v) is 3.14. The van der Waals surface area contributed by atoms with Crippen molar-refractivity contribution in [3.05, 3.63) is 11.6 Å². The van der Waals surface area contributed by atoms with Crippen LogP contribution in [0, 0.1) is 6.08 Å². The third kappa shape index (κ3) is 7.89. The average molecular weight is 206 g/mol. The van der Waals surface area contributed by atoms with Crippen molar-refractivity contribution in [1.29, 1.82) is 0 Å². The number of aliphatic carboxylic acids is 1. The minimum absolute atomic E-state index is 0.264. The van der Waals surface area contributed by atoms with Gasteiger partial charge in [-0.1, -0.05) is 6.92 Å². The van der Waals surface area contributed by atoms with Gasteiger partial charge >= 0.3 is 27.5 Å². The van der Waals surface area contributed by atoms with Crippen molar-refractivity contribution >= 4 is 5.97 Å². The maximum absolute atomic E-state index is 9.83. The van der Waals surface area contributed by atoms with Gasteiger partial charge in [0.1, 0.15) is 0 Å². The van der Waals surface area contributed by atoms with Crippen molar-refractivity contribution in [1.82, 2.24) is 0 Å². The topological polar surface area (TPSA) is 54.4 Å². The molecule has 0 aromatic carbocycles. The van der Waals surface area contributed by atoms with Gasteiger partial charge in [0, 0.05) is 0 Å². The second-order valence-corrected chi connectivity index (χ2v) is 1.18. The molecule has 0 rings (SSSR count). The maximum atomic E-state index is 9.83. The van der Waals surface area contributed by atoms with Crippen LogP contribution in [0.3, 0.4) is 0 Å². The molecule has 0 fully saturated rings. The van der Waals surface area contributed by atoms with Crippen molar-refractivity contribution in [2.75, 3.05) is 0 Å². The fraction of sp³-hybridized carbons (Fsp3) is 0.400. The summed E-state index contributed by atoms with van der Waals surface area (Å²) in [5, 5.41) is 8.08. The Kier molecular flexibility index (Phi) is 10.2. The van der Waals surface area contributed by atoms with Crippen molar-refractivity contribution in [2.24, 2.45) is 0 Å². The molecular formula is C5H7O3Zr-. The standard InChI is InChI=1S/C5H7O2.O.Zr/c1-3-4(2)5(6)7;;/h1-2H3,(H,6,7);;/q-1;;. The number of carboxylic acids is 1. The second-order valence-electron chi connectivity index (χ2n) is 1.18. The van der Waals surface area contributed by atoms with Gasteiger partial charge in [0.2, 0.25) is 0 Å². The molecule has 0 aromatic heterocycles. The van der Waals surface area contributed by atoms with Gasteiger partial charge in [0.05, 0.1) is 0 Å². The molecule has 0 aliphatic rings. The quantitative estimate of drug-likeness (QED) is 0.508. The Morgan fingerprint density at radius 1 is 1.56 bits per heavy atom. The van der Waals surface area contributed by atoms with Gasteiger partial charge < -0.3 is 9.90 Å². The second kappa shape index (κ2) is 7.89. The van der Waals surface area contributed by atoms with Crippen molar-refractivity contribution in [3.63, 3.8) is 0 Å². The molecule has 9 heavy (non-hydrogen) atoms. The van der Waals surface area contributed by atoms with E-state index in [0.29, 0.717) is 24.7 Å². The molecule has 0 saturated heterocycles. The summed E-state index contributed by atoms with van der Waals surface area (Å²) in [7, 11) is 0. The van der Waals surface area contributed by atoms with Crippen LogP contribution >= 0.6 is 0 Å². The van der Waals surface area contributed by atoms with Crippen LogP contribution in [-0.2, 0) is 32.3 Å². The molecule has 4 heteroatoms. The number of carbonyl (C=O) groups is 1. The summed E-state index contributed by atoms with van der Waals surface area (Å²) in [6, 6.07) is 0. The van der Waals surface area contributed by atoms with E-state index in [4.69, 9.17) is 7.92 Å². The molecule has 0 amide bonds. The van der Waals surface area contributed by atoms with Crippen LogP contribution in [0.1, 0.15) is 13.8 Å². The first-order chi connectivity index (χ1) is 4.18. The third-order valence-corrected chi connectivity index (χ3v) is 0.696. The molecule has 0 heterocycles. The Bertz CT molecular complexity index is 119. The van der Waals surface area contributed by atoms with E-state index in [1.807, 2.05) is 0 Å². The molecule has 50 valence electrons. The Labute approximate surface area is 69.1 Å². The van der Waals surface area contributed by atoms with E-state index in [0.717, 1.165) is 0 Å². The molecular weight excluding hydrogens is 199 g/mol. The third-order valence-electron chi connectivity index (χ3n) is 0.696. The molecule has 0 atom stereocenters. The summed E-state index contributed by atoms with van der Waals surface area (Å²) in [6.45, 7) is 3.08. The summed E-state index contributed by atoms with van der Waals surface area (Å²) in [4.78, 5) is 9.83. The fourth-order valence-corrected chi connectivity index (χ4v) is 0.107. The van der Waals surface area contributed by atoms with Crippen LogP contribution in [-0.4, -0.2) is 11.1 Å². The molecule has 0 spiro atoms. The number of hydrogen-bond acceptors (Lipinski definition) is 2. The Hall–Kier alpha value is -0.107. The predicted octanol–water partition coefficient (Wildman–Crippen LogP) is 0.719. The zero-order chi connectivity index (χ0) is 7.86. The van der Waals surface area contributed by atoms with E-state index in [2.05, 4.69) is 6.08 Å². The van der Waals surface area contributed by atoms with Gasteiger partial charge in [0.15, 0.2) is 5.97 Å². The summed E-state index contributed by atoms with van der Waals surface area (Å²) in [6.07, 6.45) is 2.48. The Balaban J connectivity index is 0. The summed E-state index contributed by atoms with van der Waals surface area (Å²) in [5.41, 5.74) is 0.264. The van der Waals surface area contributed by atoms with Gasteiger partial charge in [-0.05, 0) is 0 Å². The van der Waals surface area contributed by atoms with Gasteiger partial charge in [-0.3, -0.25) is 6.08 Å². The molecule has 0 unspecified atom stereocenters. The predicted molar refractivity (Wildman–Crippen MR) is 26.4 cm³/mol. The summed E-state index contributed by atoms with van der Waals surface area (Å²) in [5.74, 6) is -0.900. The van der Waals surface area contributed by atoms with Crippen LogP contribution in [0.4, 0.5) is 0 Å². The van der Waals surface area contributed by atoms with Gasteiger partial charge in [-0.2, -0.15) is 0 Å². The number of rotatable bonds is 1. The van der Waals surface area contributed by atoms with E-state index in [1.165, 1.54) is 6.92 Å². The molecule has 0 aromatic rings. The Morgan fingerprint density at radius 3 is 1.89 bits per heavy atom. The number of hydrogen-bond donors (Lipinski definition) is 1.